The number of hydrogen-bond donors (Lipinski definition) is 1. The third-order valence-corrected chi connectivity index (χ3v) is 7.70. The Morgan fingerprint density at radius 3 is 2.40 bits per heavy atom. The molecule has 0 aliphatic rings. The topological polar surface area (TPSA) is 67.3 Å². The number of thiophene rings is 1. The zero-order valence-corrected chi connectivity index (χ0v) is 22.6. The number of benzene rings is 2. The Labute approximate surface area is 218 Å². The first kappa shape index (κ1) is 25.3. The molecule has 1 N–H and O–H groups in total. The Hall–Kier alpha value is -2.81. The van der Waals surface area contributed by atoms with Crippen molar-refractivity contribution >= 4 is 55.0 Å². The number of rotatable bonds is 10. The number of carbonyl (C=O) groups excluding carboxylic acids is 1. The Balaban J connectivity index is 1.55. The van der Waals surface area contributed by atoms with Gasteiger partial charge in [-0.25, -0.2) is 14.8 Å². The molecule has 0 saturated heterocycles. The van der Waals surface area contributed by atoms with Gasteiger partial charge in [-0.3, -0.25) is 0 Å². The molecule has 2 heterocycles. The smallest absolute Gasteiger partial charge is 0.338 e. The van der Waals surface area contributed by atoms with Gasteiger partial charge in [0.05, 0.1) is 10.9 Å². The van der Waals surface area contributed by atoms with Crippen LogP contribution in [0.4, 0.5) is 11.5 Å². The second kappa shape index (κ2) is 11.7. The summed E-state index contributed by atoms with van der Waals surface area (Å²) in [5.74, 6) is 0.439. The van der Waals surface area contributed by atoms with Crippen LogP contribution in [0.3, 0.4) is 0 Å². The van der Waals surface area contributed by atoms with Crippen LogP contribution < -0.4 is 5.32 Å². The first-order valence-corrected chi connectivity index (χ1v) is 13.4. The zero-order valence-electron chi connectivity index (χ0n) is 20.2. The van der Waals surface area contributed by atoms with E-state index in [0.29, 0.717) is 12.2 Å². The minimum Gasteiger partial charge on any atom is -0.461 e. The number of nitrogens with one attached hydrogen (secondary N) is 1. The standard InChI is InChI=1S/C27H29BrN4O2S/c1-4-22-23(18-7-11-20(28)12-8-18)24-25(29-17-30-26(24)35-22)31-21-13-9-19(10-14-21)27(33)34-16-15-32(5-2)6-3/h7-14,17H,4-6,15-16H2,1-3H3,(H,29,30,31). The van der Waals surface area contributed by atoms with Gasteiger partial charge >= 0.3 is 5.97 Å². The van der Waals surface area contributed by atoms with Crippen molar-refractivity contribution in [2.45, 2.75) is 27.2 Å². The number of aromatic nitrogens is 2. The Bertz CT molecular complexity index is 1290. The van der Waals surface area contributed by atoms with Crippen LogP contribution >= 0.6 is 27.3 Å². The van der Waals surface area contributed by atoms with E-state index in [-0.39, 0.29) is 5.97 Å². The summed E-state index contributed by atoms with van der Waals surface area (Å²) in [5.41, 5.74) is 3.67. The molecule has 6 nitrogen and oxygen atoms in total. The lowest BCUT2D eigenvalue weighted by Crippen LogP contribution is -2.27. The van der Waals surface area contributed by atoms with Crippen LogP contribution in [0.1, 0.15) is 36.0 Å². The van der Waals surface area contributed by atoms with Gasteiger partial charge in [-0.15, -0.1) is 11.3 Å². The number of hydrogen-bond acceptors (Lipinski definition) is 7. The summed E-state index contributed by atoms with van der Waals surface area (Å²) in [6, 6.07) is 15.6. The first-order chi connectivity index (χ1) is 17.0. The van der Waals surface area contributed by atoms with Gasteiger partial charge in [0, 0.05) is 27.1 Å². The molecule has 2 aromatic heterocycles. The van der Waals surface area contributed by atoms with Gasteiger partial charge in [-0.05, 0) is 61.5 Å². The molecule has 0 saturated carbocycles. The highest BCUT2D eigenvalue weighted by molar-refractivity contribution is 9.10. The van der Waals surface area contributed by atoms with Crippen LogP contribution in [-0.4, -0.2) is 47.1 Å². The van der Waals surface area contributed by atoms with Crippen molar-refractivity contribution < 1.29 is 9.53 Å². The van der Waals surface area contributed by atoms with E-state index in [1.165, 1.54) is 4.88 Å². The highest BCUT2D eigenvalue weighted by Crippen LogP contribution is 2.42. The van der Waals surface area contributed by atoms with Crippen molar-refractivity contribution in [2.24, 2.45) is 0 Å². The van der Waals surface area contributed by atoms with Crippen LogP contribution in [-0.2, 0) is 11.2 Å². The molecule has 4 rings (SSSR count). The van der Waals surface area contributed by atoms with Gasteiger partial charge in [0.2, 0.25) is 0 Å². The Morgan fingerprint density at radius 1 is 1.03 bits per heavy atom. The zero-order chi connectivity index (χ0) is 24.8. The maximum Gasteiger partial charge on any atom is 0.338 e. The lowest BCUT2D eigenvalue weighted by molar-refractivity contribution is 0.0466. The Morgan fingerprint density at radius 2 is 1.74 bits per heavy atom. The predicted molar refractivity (Wildman–Crippen MR) is 148 cm³/mol. The van der Waals surface area contributed by atoms with Gasteiger partial charge in [-0.1, -0.05) is 48.8 Å². The van der Waals surface area contributed by atoms with Crippen molar-refractivity contribution in [1.82, 2.24) is 14.9 Å². The number of aryl methyl sites for hydroxylation is 1. The average molecular weight is 554 g/mol. The van der Waals surface area contributed by atoms with Crippen molar-refractivity contribution in [1.29, 1.82) is 0 Å². The lowest BCUT2D eigenvalue weighted by atomic mass is 10.0. The molecule has 0 aliphatic carbocycles. The minimum absolute atomic E-state index is 0.309. The molecule has 0 aliphatic heterocycles. The number of likely N-dealkylation sites (N-methyl/N-ethyl adjacent to an activating group) is 1. The van der Waals surface area contributed by atoms with E-state index in [9.17, 15) is 4.79 Å². The molecule has 2 aromatic carbocycles. The SMILES string of the molecule is CCc1sc2ncnc(Nc3ccc(C(=O)OCCN(CC)CC)cc3)c2c1-c1ccc(Br)cc1. The summed E-state index contributed by atoms with van der Waals surface area (Å²) >= 11 is 5.23. The molecule has 182 valence electrons. The number of halogens is 1. The molecule has 0 fully saturated rings. The molecule has 0 atom stereocenters. The van der Waals surface area contributed by atoms with E-state index in [4.69, 9.17) is 4.74 Å². The summed E-state index contributed by atoms with van der Waals surface area (Å²) in [4.78, 5) is 26.0. The number of nitrogens with zero attached hydrogens (tertiary/aromatic N) is 3. The Kier molecular flexibility index (Phi) is 8.49. The van der Waals surface area contributed by atoms with Gasteiger partial charge in [0.25, 0.3) is 0 Å². The highest BCUT2D eigenvalue weighted by Gasteiger charge is 2.18. The molecular weight excluding hydrogens is 524 g/mol. The summed E-state index contributed by atoms with van der Waals surface area (Å²) in [6.45, 7) is 9.37. The molecule has 0 amide bonds. The third-order valence-electron chi connectivity index (χ3n) is 5.93. The summed E-state index contributed by atoms with van der Waals surface area (Å²) < 4.78 is 6.48. The lowest BCUT2D eigenvalue weighted by Gasteiger charge is -2.17. The molecule has 0 bridgehead atoms. The van der Waals surface area contributed by atoms with Crippen LogP contribution in [0.15, 0.2) is 59.3 Å². The van der Waals surface area contributed by atoms with E-state index in [2.05, 4.69) is 81.2 Å². The number of anilines is 2. The first-order valence-electron chi connectivity index (χ1n) is 11.8. The number of ether oxygens (including phenoxy) is 1. The fraction of sp³-hybridized carbons (Fsp3) is 0.296. The van der Waals surface area contributed by atoms with Gasteiger partial charge in [-0.2, -0.15) is 0 Å². The molecule has 0 unspecified atom stereocenters. The normalized spacial score (nSPS) is 11.2. The quantitative estimate of drug-likeness (QED) is 0.215. The second-order valence-corrected chi connectivity index (χ2v) is 10.0. The maximum atomic E-state index is 12.4. The maximum absolute atomic E-state index is 12.4. The van der Waals surface area contributed by atoms with Crippen LogP contribution in [0.5, 0.6) is 0 Å². The van der Waals surface area contributed by atoms with E-state index < -0.39 is 0 Å². The number of fused-ring (bicyclic) bond motifs is 1. The second-order valence-electron chi connectivity index (χ2n) is 8.03. The monoisotopic (exact) mass is 552 g/mol. The van der Waals surface area contributed by atoms with Gasteiger partial charge < -0.3 is 15.0 Å². The summed E-state index contributed by atoms with van der Waals surface area (Å²) in [5, 5.41) is 4.44. The highest BCUT2D eigenvalue weighted by atomic mass is 79.9. The fourth-order valence-corrected chi connectivity index (χ4v) is 5.33. The molecule has 8 heteroatoms. The van der Waals surface area contributed by atoms with Crippen molar-refractivity contribution in [2.75, 3.05) is 31.6 Å². The molecule has 0 spiro atoms. The van der Waals surface area contributed by atoms with E-state index in [1.807, 2.05) is 12.1 Å². The molecular formula is C27H29BrN4O2S. The van der Waals surface area contributed by atoms with E-state index in [0.717, 1.165) is 63.4 Å². The molecule has 0 radical (unpaired) electrons. The average Bonchev–Trinajstić information content (AvgIpc) is 3.27. The third kappa shape index (κ3) is 5.89. The van der Waals surface area contributed by atoms with Crippen LogP contribution in [0.25, 0.3) is 21.3 Å². The molecule has 35 heavy (non-hydrogen) atoms. The minimum atomic E-state index is -0.309. The van der Waals surface area contributed by atoms with Crippen molar-refractivity contribution in [3.8, 4) is 11.1 Å². The van der Waals surface area contributed by atoms with Gasteiger partial charge in [0.1, 0.15) is 23.6 Å². The summed E-state index contributed by atoms with van der Waals surface area (Å²) in [7, 11) is 0. The van der Waals surface area contributed by atoms with Crippen molar-refractivity contribution in [3.05, 3.63) is 69.8 Å². The fourth-order valence-electron chi connectivity index (χ4n) is 3.96. The predicted octanol–water partition coefficient (Wildman–Crippen LogP) is 6.93. The van der Waals surface area contributed by atoms with Crippen molar-refractivity contribution in [3.63, 3.8) is 0 Å². The number of esters is 1. The van der Waals surface area contributed by atoms with E-state index >= 15 is 0 Å². The summed E-state index contributed by atoms with van der Waals surface area (Å²) in [6.07, 6.45) is 2.50. The largest absolute Gasteiger partial charge is 0.461 e. The molecule has 4 aromatic rings. The van der Waals surface area contributed by atoms with Crippen LogP contribution in [0.2, 0.25) is 0 Å². The van der Waals surface area contributed by atoms with E-state index in [1.54, 1.807) is 29.8 Å². The van der Waals surface area contributed by atoms with Gasteiger partial charge in [0.15, 0.2) is 0 Å². The number of carbonyl (C=O) groups is 1. The van der Waals surface area contributed by atoms with Crippen LogP contribution in [0, 0.1) is 0 Å².